The molecule has 0 spiro atoms. The molecular formula is C14H17BrO2. The minimum absolute atomic E-state index is 0. The van der Waals surface area contributed by atoms with Crippen molar-refractivity contribution in [3.63, 3.8) is 0 Å². The molecule has 0 aromatic carbocycles. The van der Waals surface area contributed by atoms with E-state index in [2.05, 4.69) is 11.8 Å². The second kappa shape index (κ2) is 5.46. The number of allylic oxidation sites excluding steroid dienone is 4. The van der Waals surface area contributed by atoms with E-state index in [1.807, 2.05) is 19.9 Å². The van der Waals surface area contributed by atoms with Gasteiger partial charge in [0.1, 0.15) is 0 Å². The maximum atomic E-state index is 11.7. The van der Waals surface area contributed by atoms with Crippen molar-refractivity contribution in [2.75, 3.05) is 0 Å². The van der Waals surface area contributed by atoms with Gasteiger partial charge in [-0.1, -0.05) is 17.9 Å². The number of halogens is 1. The van der Waals surface area contributed by atoms with E-state index in [1.165, 1.54) is 0 Å². The van der Waals surface area contributed by atoms with Crippen molar-refractivity contribution in [1.29, 1.82) is 0 Å². The van der Waals surface area contributed by atoms with Crippen LogP contribution in [-0.4, -0.2) is 11.6 Å². The zero-order valence-electron chi connectivity index (χ0n) is 10.8. The Bertz CT molecular complexity index is 482. The van der Waals surface area contributed by atoms with Gasteiger partial charge in [-0.15, -0.1) is 17.0 Å². The van der Waals surface area contributed by atoms with Gasteiger partial charge in [-0.05, 0) is 40.2 Å². The van der Waals surface area contributed by atoms with Gasteiger partial charge in [0.25, 0.3) is 0 Å². The highest BCUT2D eigenvalue weighted by Gasteiger charge is 2.44. The third-order valence-corrected chi connectivity index (χ3v) is 2.93. The molecule has 92 valence electrons. The molecule has 0 saturated heterocycles. The minimum atomic E-state index is -0.762. The molecule has 0 aliphatic heterocycles. The van der Waals surface area contributed by atoms with E-state index < -0.39 is 11.2 Å². The van der Waals surface area contributed by atoms with E-state index in [1.54, 1.807) is 20.8 Å². The number of Topliss-reactive ketones (excluding diaryl/α,β-unsaturated/α-hetero) is 2. The van der Waals surface area contributed by atoms with Crippen LogP contribution in [0.3, 0.4) is 0 Å². The molecule has 0 unspecified atom stereocenters. The molecule has 0 amide bonds. The Balaban J connectivity index is 0.00000256. The maximum Gasteiger partial charge on any atom is 0.226 e. The minimum Gasteiger partial charge on any atom is -0.289 e. The summed E-state index contributed by atoms with van der Waals surface area (Å²) in [6.07, 6.45) is 1.90. The Kier molecular flexibility index (Phi) is 5.10. The lowest BCUT2D eigenvalue weighted by Gasteiger charge is -2.15. The van der Waals surface area contributed by atoms with Gasteiger partial charge in [0, 0.05) is 11.1 Å². The van der Waals surface area contributed by atoms with Gasteiger partial charge in [-0.3, -0.25) is 9.59 Å². The summed E-state index contributed by atoms with van der Waals surface area (Å²) in [6, 6.07) is 0. The average Bonchev–Trinajstić information content (AvgIpc) is 2.38. The fraction of sp³-hybridized carbons (Fsp3) is 0.429. The highest BCUT2D eigenvalue weighted by Crippen LogP contribution is 2.36. The van der Waals surface area contributed by atoms with E-state index in [9.17, 15) is 9.59 Å². The summed E-state index contributed by atoms with van der Waals surface area (Å²) in [6.45, 7) is 8.97. The van der Waals surface area contributed by atoms with Crippen LogP contribution in [0.25, 0.3) is 0 Å². The maximum absolute atomic E-state index is 11.7. The lowest BCUT2D eigenvalue weighted by molar-refractivity contribution is -0.136. The van der Waals surface area contributed by atoms with Gasteiger partial charge < -0.3 is 0 Å². The smallest absolute Gasteiger partial charge is 0.226 e. The van der Waals surface area contributed by atoms with Crippen molar-refractivity contribution in [2.24, 2.45) is 5.41 Å². The molecule has 0 aromatic heterocycles. The quantitative estimate of drug-likeness (QED) is 0.509. The van der Waals surface area contributed by atoms with E-state index >= 15 is 0 Å². The van der Waals surface area contributed by atoms with Gasteiger partial charge >= 0.3 is 0 Å². The summed E-state index contributed by atoms with van der Waals surface area (Å²) in [5, 5.41) is 0. The van der Waals surface area contributed by atoms with Crippen LogP contribution in [0.4, 0.5) is 0 Å². The topological polar surface area (TPSA) is 34.1 Å². The van der Waals surface area contributed by atoms with Crippen LogP contribution >= 0.6 is 17.0 Å². The molecule has 17 heavy (non-hydrogen) atoms. The zero-order chi connectivity index (χ0) is 12.5. The molecule has 0 atom stereocenters. The number of hydrogen-bond acceptors (Lipinski definition) is 2. The summed E-state index contributed by atoms with van der Waals surface area (Å²) in [5.41, 5.74) is 1.32. The fourth-order valence-corrected chi connectivity index (χ4v) is 1.63. The SMILES string of the molecule is Br.CC=C(C)C#CC1=C(C)C(=O)C(=O)C1(C)C. The van der Waals surface area contributed by atoms with Crippen LogP contribution in [0.15, 0.2) is 22.8 Å². The normalized spacial score (nSPS) is 18.8. The zero-order valence-corrected chi connectivity index (χ0v) is 12.5. The predicted molar refractivity (Wildman–Crippen MR) is 74.0 cm³/mol. The van der Waals surface area contributed by atoms with E-state index in [4.69, 9.17) is 0 Å². The lowest BCUT2D eigenvalue weighted by atomic mass is 9.84. The first-order chi connectivity index (χ1) is 7.32. The number of ketones is 2. The molecule has 0 radical (unpaired) electrons. The predicted octanol–water partition coefficient (Wildman–Crippen LogP) is 3.03. The first-order valence-electron chi connectivity index (χ1n) is 5.27. The Hall–Kier alpha value is -1.14. The molecule has 3 heteroatoms. The van der Waals surface area contributed by atoms with Crippen LogP contribution in [-0.2, 0) is 9.59 Å². The van der Waals surface area contributed by atoms with Crippen molar-refractivity contribution in [3.05, 3.63) is 22.8 Å². The molecule has 0 saturated carbocycles. The Morgan fingerprint density at radius 3 is 2.18 bits per heavy atom. The first-order valence-corrected chi connectivity index (χ1v) is 5.27. The van der Waals surface area contributed by atoms with Crippen LogP contribution in [0.2, 0.25) is 0 Å². The van der Waals surface area contributed by atoms with Crippen LogP contribution < -0.4 is 0 Å². The summed E-state index contributed by atoms with van der Waals surface area (Å²) in [5.74, 6) is 5.15. The fourth-order valence-electron chi connectivity index (χ4n) is 1.63. The molecule has 2 nitrogen and oxygen atoms in total. The summed E-state index contributed by atoms with van der Waals surface area (Å²) >= 11 is 0. The third-order valence-electron chi connectivity index (χ3n) is 2.93. The van der Waals surface area contributed by atoms with E-state index in [0.29, 0.717) is 11.1 Å². The van der Waals surface area contributed by atoms with Crippen LogP contribution in [0.5, 0.6) is 0 Å². The van der Waals surface area contributed by atoms with Crippen molar-refractivity contribution in [2.45, 2.75) is 34.6 Å². The first kappa shape index (κ1) is 15.9. The van der Waals surface area contributed by atoms with Crippen molar-refractivity contribution in [3.8, 4) is 11.8 Å². The molecule has 1 aliphatic carbocycles. The number of rotatable bonds is 0. The molecule has 1 rings (SSSR count). The number of carbonyl (C=O) groups is 2. The summed E-state index contributed by atoms with van der Waals surface area (Å²) < 4.78 is 0. The molecule has 0 aromatic rings. The average molecular weight is 297 g/mol. The molecule has 0 heterocycles. The summed E-state index contributed by atoms with van der Waals surface area (Å²) in [4.78, 5) is 23.2. The molecule has 0 fully saturated rings. The number of hydrogen-bond donors (Lipinski definition) is 0. The second-order valence-electron chi connectivity index (χ2n) is 4.50. The monoisotopic (exact) mass is 296 g/mol. The Morgan fingerprint density at radius 1 is 1.29 bits per heavy atom. The third kappa shape index (κ3) is 2.76. The standard InChI is InChI=1S/C14H16O2.BrH/c1-6-9(2)7-8-11-10(3)12(15)13(16)14(11,4)5;/h6H,1-5H3;1H. The van der Waals surface area contributed by atoms with Gasteiger partial charge in [0.15, 0.2) is 0 Å². The largest absolute Gasteiger partial charge is 0.289 e. The van der Waals surface area contributed by atoms with Gasteiger partial charge in [-0.25, -0.2) is 0 Å². The molecular weight excluding hydrogens is 280 g/mol. The lowest BCUT2D eigenvalue weighted by Crippen LogP contribution is -2.25. The van der Waals surface area contributed by atoms with Crippen LogP contribution in [0, 0.1) is 17.3 Å². The van der Waals surface area contributed by atoms with Gasteiger partial charge in [0.2, 0.25) is 11.6 Å². The van der Waals surface area contributed by atoms with Crippen LogP contribution in [0.1, 0.15) is 34.6 Å². The van der Waals surface area contributed by atoms with Crippen molar-refractivity contribution >= 4 is 28.5 Å². The van der Waals surface area contributed by atoms with Gasteiger partial charge in [-0.2, -0.15) is 0 Å². The Morgan fingerprint density at radius 2 is 1.82 bits per heavy atom. The Labute approximate surface area is 113 Å². The molecule has 0 N–H and O–H groups in total. The molecule has 1 aliphatic rings. The van der Waals surface area contributed by atoms with E-state index in [-0.39, 0.29) is 22.8 Å². The summed E-state index contributed by atoms with van der Waals surface area (Å²) in [7, 11) is 0. The van der Waals surface area contributed by atoms with E-state index in [0.717, 1.165) is 5.57 Å². The van der Waals surface area contributed by atoms with Crippen molar-refractivity contribution < 1.29 is 9.59 Å². The highest BCUT2D eigenvalue weighted by molar-refractivity contribution is 8.93. The molecule has 0 bridgehead atoms. The second-order valence-corrected chi connectivity index (χ2v) is 4.50. The van der Waals surface area contributed by atoms with Crippen molar-refractivity contribution in [1.82, 2.24) is 0 Å². The highest BCUT2D eigenvalue weighted by atomic mass is 79.9. The van der Waals surface area contributed by atoms with Gasteiger partial charge in [0.05, 0.1) is 5.41 Å². The number of carbonyl (C=O) groups excluding carboxylic acids is 2.